The van der Waals surface area contributed by atoms with Crippen LogP contribution in [0.2, 0.25) is 0 Å². The number of likely N-dealkylation sites (tertiary alicyclic amines) is 1. The fourth-order valence-electron chi connectivity index (χ4n) is 3.34. The molecule has 0 unspecified atom stereocenters. The van der Waals surface area contributed by atoms with Crippen molar-refractivity contribution in [2.45, 2.75) is 25.4 Å². The number of carbonyl (C=O) groups is 1. The van der Waals surface area contributed by atoms with E-state index in [2.05, 4.69) is 58.5 Å². The van der Waals surface area contributed by atoms with Crippen molar-refractivity contribution in [1.82, 2.24) is 15.2 Å². The van der Waals surface area contributed by atoms with Gasteiger partial charge in [0, 0.05) is 32.0 Å². The van der Waals surface area contributed by atoms with Gasteiger partial charge in [0.1, 0.15) is 0 Å². The summed E-state index contributed by atoms with van der Waals surface area (Å²) in [5.41, 5.74) is 3.37. The van der Waals surface area contributed by atoms with E-state index in [4.69, 9.17) is 0 Å². The van der Waals surface area contributed by atoms with E-state index in [0.29, 0.717) is 19.1 Å². The van der Waals surface area contributed by atoms with Gasteiger partial charge < -0.3 is 10.2 Å². The molecule has 2 heterocycles. The topological polar surface area (TPSA) is 48.5 Å². The zero-order valence-electron chi connectivity index (χ0n) is 15.0. The maximum absolute atomic E-state index is 12.3. The number of carbonyl (C=O) groups excluding carboxylic acids is 1. The molecule has 0 saturated carbocycles. The van der Waals surface area contributed by atoms with Gasteiger partial charge >= 0.3 is 0 Å². The molecular formula is C20H26N4O. The second kappa shape index (κ2) is 8.12. The lowest BCUT2D eigenvalue weighted by Crippen LogP contribution is -2.36. The lowest BCUT2D eigenvalue weighted by Gasteiger charge is -2.25. The molecule has 0 aliphatic carbocycles. The number of pyridine rings is 1. The zero-order valence-corrected chi connectivity index (χ0v) is 15.0. The number of hydrogen-bond donors (Lipinski definition) is 1. The quantitative estimate of drug-likeness (QED) is 0.879. The molecule has 1 fully saturated rings. The number of amides is 1. The van der Waals surface area contributed by atoms with Gasteiger partial charge in [-0.25, -0.2) is 0 Å². The second-order valence-corrected chi connectivity index (χ2v) is 6.72. The van der Waals surface area contributed by atoms with Crippen LogP contribution in [0.3, 0.4) is 0 Å². The molecule has 3 rings (SSSR count). The highest BCUT2D eigenvalue weighted by atomic mass is 16.2. The average Bonchev–Trinajstić information content (AvgIpc) is 3.09. The number of rotatable bonds is 6. The van der Waals surface area contributed by atoms with Crippen molar-refractivity contribution in [1.29, 1.82) is 0 Å². The Labute approximate surface area is 149 Å². The molecule has 1 aliphatic heterocycles. The van der Waals surface area contributed by atoms with Gasteiger partial charge in [-0.15, -0.1) is 0 Å². The lowest BCUT2D eigenvalue weighted by molar-refractivity contribution is -0.122. The predicted molar refractivity (Wildman–Crippen MR) is 100 cm³/mol. The first-order valence-electron chi connectivity index (χ1n) is 8.81. The number of anilines is 1. The average molecular weight is 338 g/mol. The van der Waals surface area contributed by atoms with Crippen LogP contribution in [0.25, 0.3) is 0 Å². The Morgan fingerprint density at radius 3 is 2.92 bits per heavy atom. The molecule has 1 N–H and O–H groups in total. The molecule has 1 aliphatic rings. The van der Waals surface area contributed by atoms with Crippen molar-refractivity contribution >= 4 is 11.6 Å². The van der Waals surface area contributed by atoms with Crippen molar-refractivity contribution in [2.75, 3.05) is 32.1 Å². The van der Waals surface area contributed by atoms with Crippen LogP contribution in [-0.2, 0) is 11.3 Å². The fraction of sp³-hybridized carbons (Fsp3) is 0.400. The van der Waals surface area contributed by atoms with Crippen molar-refractivity contribution in [3.63, 3.8) is 0 Å². The Bertz CT molecular complexity index is 702. The van der Waals surface area contributed by atoms with Gasteiger partial charge in [0.25, 0.3) is 0 Å². The molecule has 25 heavy (non-hydrogen) atoms. The summed E-state index contributed by atoms with van der Waals surface area (Å²) in [7, 11) is 4.10. The van der Waals surface area contributed by atoms with Crippen LogP contribution in [0.15, 0.2) is 48.7 Å². The molecule has 132 valence electrons. The Balaban J connectivity index is 1.60. The van der Waals surface area contributed by atoms with E-state index in [0.717, 1.165) is 25.1 Å². The lowest BCUT2D eigenvalue weighted by atomic mass is 10.0. The van der Waals surface area contributed by atoms with Crippen molar-refractivity contribution in [2.24, 2.45) is 0 Å². The maximum Gasteiger partial charge on any atom is 0.234 e. The van der Waals surface area contributed by atoms with Crippen molar-refractivity contribution in [3.8, 4) is 0 Å². The predicted octanol–water partition coefficient (Wildman–Crippen LogP) is 2.60. The van der Waals surface area contributed by atoms with Gasteiger partial charge in [0.2, 0.25) is 5.91 Å². The summed E-state index contributed by atoms with van der Waals surface area (Å²) >= 11 is 0. The van der Waals surface area contributed by atoms with Crippen LogP contribution in [0.5, 0.6) is 0 Å². The molecule has 0 bridgehead atoms. The number of aromatic nitrogens is 1. The van der Waals surface area contributed by atoms with Gasteiger partial charge in [-0.1, -0.05) is 18.2 Å². The SMILES string of the molecule is CN(C)c1cccc([C@H]2CCCN2CC(=O)NCc2ccccn2)c1. The van der Waals surface area contributed by atoms with Crippen LogP contribution in [-0.4, -0.2) is 43.0 Å². The van der Waals surface area contributed by atoms with Crippen LogP contribution in [0.4, 0.5) is 5.69 Å². The first-order chi connectivity index (χ1) is 12.1. The summed E-state index contributed by atoms with van der Waals surface area (Å²) in [5.74, 6) is 0.0568. The van der Waals surface area contributed by atoms with Crippen molar-refractivity contribution < 1.29 is 4.79 Å². The van der Waals surface area contributed by atoms with Gasteiger partial charge in [0.05, 0.1) is 18.8 Å². The summed E-state index contributed by atoms with van der Waals surface area (Å²) in [4.78, 5) is 21.0. The van der Waals surface area contributed by atoms with E-state index >= 15 is 0 Å². The minimum atomic E-state index is 0.0568. The first-order valence-corrected chi connectivity index (χ1v) is 8.81. The molecule has 1 amide bonds. The molecular weight excluding hydrogens is 312 g/mol. The number of nitrogens with one attached hydrogen (secondary N) is 1. The molecule has 2 aromatic rings. The highest BCUT2D eigenvalue weighted by Crippen LogP contribution is 2.33. The smallest absolute Gasteiger partial charge is 0.234 e. The van der Waals surface area contributed by atoms with E-state index in [9.17, 15) is 4.79 Å². The Hall–Kier alpha value is -2.40. The Morgan fingerprint density at radius 2 is 2.16 bits per heavy atom. The zero-order chi connectivity index (χ0) is 17.6. The third-order valence-electron chi connectivity index (χ3n) is 4.67. The number of hydrogen-bond acceptors (Lipinski definition) is 4. The van der Waals surface area contributed by atoms with Crippen LogP contribution >= 0.6 is 0 Å². The van der Waals surface area contributed by atoms with E-state index in [-0.39, 0.29) is 5.91 Å². The number of nitrogens with zero attached hydrogens (tertiary/aromatic N) is 3. The van der Waals surface area contributed by atoms with Crippen LogP contribution < -0.4 is 10.2 Å². The highest BCUT2D eigenvalue weighted by Gasteiger charge is 2.27. The van der Waals surface area contributed by atoms with Crippen LogP contribution in [0.1, 0.15) is 30.1 Å². The number of benzene rings is 1. The highest BCUT2D eigenvalue weighted by molar-refractivity contribution is 5.78. The largest absolute Gasteiger partial charge is 0.378 e. The van der Waals surface area contributed by atoms with Crippen molar-refractivity contribution in [3.05, 3.63) is 59.9 Å². The minimum Gasteiger partial charge on any atom is -0.378 e. The van der Waals surface area contributed by atoms with Gasteiger partial charge in [-0.2, -0.15) is 0 Å². The van der Waals surface area contributed by atoms with Crippen LogP contribution in [0, 0.1) is 0 Å². The summed E-state index contributed by atoms with van der Waals surface area (Å²) in [6.07, 6.45) is 3.98. The normalized spacial score (nSPS) is 17.4. The van der Waals surface area contributed by atoms with Gasteiger partial charge in [-0.05, 0) is 49.2 Å². The molecule has 5 nitrogen and oxygen atoms in total. The van der Waals surface area contributed by atoms with Gasteiger partial charge in [0.15, 0.2) is 0 Å². The van der Waals surface area contributed by atoms with Gasteiger partial charge in [-0.3, -0.25) is 14.7 Å². The molecule has 1 atom stereocenters. The summed E-state index contributed by atoms with van der Waals surface area (Å²) in [6, 6.07) is 14.7. The fourth-order valence-corrected chi connectivity index (χ4v) is 3.34. The third kappa shape index (κ3) is 4.57. The summed E-state index contributed by atoms with van der Waals surface area (Å²) < 4.78 is 0. The van der Waals surface area contributed by atoms with E-state index in [1.807, 2.05) is 18.2 Å². The second-order valence-electron chi connectivity index (χ2n) is 6.72. The molecule has 1 aromatic heterocycles. The van der Waals surface area contributed by atoms with E-state index in [1.54, 1.807) is 6.20 Å². The summed E-state index contributed by atoms with van der Waals surface area (Å²) in [5, 5.41) is 2.98. The van der Waals surface area contributed by atoms with E-state index in [1.165, 1.54) is 11.3 Å². The minimum absolute atomic E-state index is 0.0568. The standard InChI is InChI=1S/C20H26N4O/c1-23(2)18-9-5-7-16(13-18)19-10-6-12-24(19)15-20(25)22-14-17-8-3-4-11-21-17/h3-5,7-9,11,13,19H,6,10,12,14-15H2,1-2H3,(H,22,25)/t19-/m1/s1. The molecule has 1 saturated heterocycles. The Morgan fingerprint density at radius 1 is 1.28 bits per heavy atom. The monoisotopic (exact) mass is 338 g/mol. The first kappa shape index (κ1) is 17.4. The maximum atomic E-state index is 12.3. The molecule has 5 heteroatoms. The van der Waals surface area contributed by atoms with E-state index < -0.39 is 0 Å². The Kier molecular flexibility index (Phi) is 5.66. The summed E-state index contributed by atoms with van der Waals surface area (Å²) in [6.45, 7) is 1.88. The molecule has 0 spiro atoms. The molecule has 0 radical (unpaired) electrons. The molecule has 1 aromatic carbocycles. The third-order valence-corrected chi connectivity index (χ3v) is 4.67.